The number of rotatable bonds is 13. The number of allylic oxidation sites excluding steroid dienone is 6. The van der Waals surface area contributed by atoms with Crippen molar-refractivity contribution in [3.05, 3.63) is 36.5 Å². The number of hydrogen-bond donors (Lipinski definition) is 1. The van der Waals surface area contributed by atoms with Gasteiger partial charge < -0.3 is 14.6 Å². The van der Waals surface area contributed by atoms with Gasteiger partial charge in [0.2, 0.25) is 0 Å². The van der Waals surface area contributed by atoms with Gasteiger partial charge in [0.1, 0.15) is 0 Å². The fourth-order valence-electron chi connectivity index (χ4n) is 2.37. The normalized spacial score (nSPS) is 18.6. The van der Waals surface area contributed by atoms with Crippen LogP contribution in [-0.2, 0) is 19.1 Å². The Hall–Kier alpha value is -1.88. The molecule has 2 atom stereocenters. The highest BCUT2D eigenvalue weighted by Crippen LogP contribution is 2.27. The van der Waals surface area contributed by atoms with Crippen molar-refractivity contribution >= 4 is 11.9 Å². The molecule has 5 nitrogen and oxygen atoms in total. The molecule has 1 heterocycles. The maximum absolute atomic E-state index is 10.6. The topological polar surface area (TPSA) is 76.1 Å². The van der Waals surface area contributed by atoms with E-state index in [4.69, 9.17) is 9.84 Å². The predicted molar refractivity (Wildman–Crippen MR) is 109 cm³/mol. The lowest BCUT2D eigenvalue weighted by Gasteiger charge is -1.95. The van der Waals surface area contributed by atoms with Crippen LogP contribution < -0.4 is 0 Å². The second kappa shape index (κ2) is 17.5. The van der Waals surface area contributed by atoms with E-state index in [9.17, 15) is 9.59 Å². The van der Waals surface area contributed by atoms with Gasteiger partial charge in [0.05, 0.1) is 12.7 Å². The third-order valence-corrected chi connectivity index (χ3v) is 3.86. The number of carbonyl (C=O) groups is 2. The zero-order valence-corrected chi connectivity index (χ0v) is 17.1. The van der Waals surface area contributed by atoms with Gasteiger partial charge in [-0.2, -0.15) is 0 Å². The van der Waals surface area contributed by atoms with Crippen molar-refractivity contribution in [2.24, 2.45) is 0 Å². The van der Waals surface area contributed by atoms with Gasteiger partial charge in [-0.15, -0.1) is 0 Å². The van der Waals surface area contributed by atoms with Gasteiger partial charge in [-0.3, -0.25) is 4.79 Å². The first-order valence-corrected chi connectivity index (χ1v) is 10.0. The lowest BCUT2D eigenvalue weighted by Crippen LogP contribution is -2.07. The number of hydrogen-bond acceptors (Lipinski definition) is 4. The minimum Gasteiger partial charge on any atom is -0.479 e. The molecule has 0 saturated carbocycles. The van der Waals surface area contributed by atoms with Crippen molar-refractivity contribution < 1.29 is 24.2 Å². The molecule has 1 aliphatic heterocycles. The molecular weight excluding hydrogens is 344 g/mol. The van der Waals surface area contributed by atoms with Gasteiger partial charge in [-0.25, -0.2) is 4.79 Å². The summed E-state index contributed by atoms with van der Waals surface area (Å²) in [5, 5.41) is 8.68. The number of carbonyl (C=O) groups excluding carboxylic acids is 1. The first kappa shape index (κ1) is 25.1. The van der Waals surface area contributed by atoms with Crippen molar-refractivity contribution in [1.29, 1.82) is 0 Å². The van der Waals surface area contributed by atoms with Crippen LogP contribution in [0.25, 0.3) is 0 Å². The summed E-state index contributed by atoms with van der Waals surface area (Å²) in [6.07, 6.45) is 21.2. The third kappa shape index (κ3) is 17.3. The molecule has 0 spiro atoms. The number of unbranched alkanes of at least 4 members (excludes halogenated alkanes) is 5. The first-order chi connectivity index (χ1) is 13.0. The summed E-state index contributed by atoms with van der Waals surface area (Å²) in [6, 6.07) is 0. The van der Waals surface area contributed by atoms with Crippen molar-refractivity contribution in [1.82, 2.24) is 0 Å². The molecule has 5 heteroatoms. The Morgan fingerprint density at radius 1 is 0.963 bits per heavy atom. The maximum atomic E-state index is 10.6. The lowest BCUT2D eigenvalue weighted by atomic mass is 10.1. The van der Waals surface area contributed by atoms with Crippen molar-refractivity contribution in [3.63, 3.8) is 0 Å². The molecule has 0 radical (unpaired) electrons. The number of aliphatic carboxylic acids is 1. The van der Waals surface area contributed by atoms with E-state index in [1.807, 2.05) is 0 Å². The molecule has 1 saturated heterocycles. The van der Waals surface area contributed by atoms with Crippen LogP contribution in [0.3, 0.4) is 0 Å². The van der Waals surface area contributed by atoms with Crippen LogP contribution >= 0.6 is 0 Å². The number of ether oxygens (including phenoxy) is 2. The minimum atomic E-state index is -0.821. The molecule has 2 unspecified atom stereocenters. The van der Waals surface area contributed by atoms with Crippen LogP contribution in [0.1, 0.15) is 72.1 Å². The van der Waals surface area contributed by atoms with E-state index in [-0.39, 0.29) is 12.1 Å². The van der Waals surface area contributed by atoms with Gasteiger partial charge in [-0.1, -0.05) is 69.1 Å². The molecule has 1 N–H and O–H groups in total. The third-order valence-electron chi connectivity index (χ3n) is 3.86. The Morgan fingerprint density at radius 3 is 2.04 bits per heavy atom. The Morgan fingerprint density at radius 2 is 1.59 bits per heavy atom. The van der Waals surface area contributed by atoms with Gasteiger partial charge in [0, 0.05) is 6.92 Å². The molecule has 0 aromatic heterocycles. The van der Waals surface area contributed by atoms with E-state index in [1.165, 1.54) is 19.8 Å². The fraction of sp³-hybridized carbons (Fsp3) is 0.636. The minimum absolute atomic E-state index is 0.0273. The lowest BCUT2D eigenvalue weighted by molar-refractivity contribution is -0.140. The van der Waals surface area contributed by atoms with Crippen LogP contribution in [-0.4, -0.2) is 35.9 Å². The van der Waals surface area contributed by atoms with E-state index >= 15 is 0 Å². The van der Waals surface area contributed by atoms with Gasteiger partial charge in [0.15, 0.2) is 6.10 Å². The molecular formula is C22H36O5. The monoisotopic (exact) mass is 380 g/mol. The molecule has 0 aromatic carbocycles. The molecule has 0 amide bonds. The molecule has 0 aromatic rings. The molecule has 1 aliphatic rings. The quantitative estimate of drug-likeness (QED) is 0.205. The van der Waals surface area contributed by atoms with Gasteiger partial charge in [-0.05, 0) is 32.6 Å². The summed E-state index contributed by atoms with van der Waals surface area (Å²) in [5.41, 5.74) is 0. The summed E-state index contributed by atoms with van der Waals surface area (Å²) < 4.78 is 9.46. The molecule has 1 rings (SSSR count). The maximum Gasteiger partial charge on any atom is 0.335 e. The summed E-state index contributed by atoms with van der Waals surface area (Å²) in [4.78, 5) is 20.4. The van der Waals surface area contributed by atoms with Crippen LogP contribution in [0, 0.1) is 0 Å². The Balaban J connectivity index is 0.000000972. The number of carboxylic acids is 1. The zero-order valence-electron chi connectivity index (χ0n) is 17.1. The van der Waals surface area contributed by atoms with E-state index < -0.39 is 12.1 Å². The highest BCUT2D eigenvalue weighted by atomic mass is 16.6. The summed E-state index contributed by atoms with van der Waals surface area (Å²) in [6.45, 7) is 5.86. The van der Waals surface area contributed by atoms with Crippen LogP contribution in [0.5, 0.6) is 0 Å². The van der Waals surface area contributed by atoms with Gasteiger partial charge in [0.25, 0.3) is 0 Å². The molecule has 1 fully saturated rings. The summed E-state index contributed by atoms with van der Waals surface area (Å²) in [5.74, 6) is -1.03. The van der Waals surface area contributed by atoms with Crippen molar-refractivity contribution in [2.45, 2.75) is 84.3 Å². The second-order valence-electron chi connectivity index (χ2n) is 6.38. The second-order valence-corrected chi connectivity index (χ2v) is 6.38. The first-order valence-electron chi connectivity index (χ1n) is 10.0. The molecule has 0 bridgehead atoms. The zero-order chi connectivity index (χ0) is 20.3. The SMILES string of the molecule is CCCCC=CC=CC=CCCCCCC1OC1C(=O)O.CCOC(C)=O. The Kier molecular flexibility index (Phi) is 16.3. The molecule has 0 aliphatic carbocycles. The summed E-state index contributed by atoms with van der Waals surface area (Å²) >= 11 is 0. The Bertz CT molecular complexity index is 479. The smallest absolute Gasteiger partial charge is 0.335 e. The van der Waals surface area contributed by atoms with Gasteiger partial charge >= 0.3 is 11.9 Å². The standard InChI is InChI=1S/C18H28O3.C4H8O2/c1-2-3-4-5-6-7-8-9-10-11-12-13-14-15-16-17(21-16)18(19)20;1-3-6-4(2)5/h5-10,16-17H,2-4,11-15H2,1H3,(H,19,20);3H2,1-2H3. The van der Waals surface area contributed by atoms with Crippen molar-refractivity contribution in [3.8, 4) is 0 Å². The van der Waals surface area contributed by atoms with Crippen LogP contribution in [0.4, 0.5) is 0 Å². The number of esters is 1. The average molecular weight is 381 g/mol. The summed E-state index contributed by atoms with van der Waals surface area (Å²) in [7, 11) is 0. The molecule has 27 heavy (non-hydrogen) atoms. The van der Waals surface area contributed by atoms with Crippen LogP contribution in [0.2, 0.25) is 0 Å². The van der Waals surface area contributed by atoms with E-state index in [0.29, 0.717) is 6.61 Å². The van der Waals surface area contributed by atoms with Crippen LogP contribution in [0.15, 0.2) is 36.5 Å². The van der Waals surface area contributed by atoms with E-state index in [2.05, 4.69) is 48.1 Å². The number of carboxylic acid groups (broad SMARTS) is 1. The highest BCUT2D eigenvalue weighted by Gasteiger charge is 2.44. The average Bonchev–Trinajstić information content (AvgIpc) is 3.39. The Labute approximate surface area is 164 Å². The highest BCUT2D eigenvalue weighted by molar-refractivity contribution is 5.75. The van der Waals surface area contributed by atoms with Crippen molar-refractivity contribution in [2.75, 3.05) is 6.61 Å². The fourth-order valence-corrected chi connectivity index (χ4v) is 2.37. The predicted octanol–water partition coefficient (Wildman–Crippen LogP) is 5.22. The number of epoxide rings is 1. The largest absolute Gasteiger partial charge is 0.479 e. The van der Waals surface area contributed by atoms with E-state index in [0.717, 1.165) is 38.5 Å². The molecule has 154 valence electrons. The van der Waals surface area contributed by atoms with E-state index in [1.54, 1.807) is 6.92 Å².